The highest BCUT2D eigenvalue weighted by Crippen LogP contribution is 2.25. The lowest BCUT2D eigenvalue weighted by Crippen LogP contribution is -1.90. The smallest absolute Gasteiger partial charge is 0.257 e. The van der Waals surface area contributed by atoms with Crippen molar-refractivity contribution in [1.82, 2.24) is 10.1 Å². The van der Waals surface area contributed by atoms with Gasteiger partial charge in [-0.3, -0.25) is 0 Å². The predicted molar refractivity (Wildman–Crippen MR) is 68.1 cm³/mol. The van der Waals surface area contributed by atoms with Crippen LogP contribution in [0.1, 0.15) is 35.7 Å². The van der Waals surface area contributed by atoms with Gasteiger partial charge in [0.2, 0.25) is 0 Å². The first-order chi connectivity index (χ1) is 8.10. The van der Waals surface area contributed by atoms with Crippen molar-refractivity contribution in [3.8, 4) is 11.5 Å². The van der Waals surface area contributed by atoms with Crippen LogP contribution in [0.25, 0.3) is 11.5 Å². The lowest BCUT2D eigenvalue weighted by Gasteiger charge is -2.00. The van der Waals surface area contributed by atoms with E-state index in [1.165, 1.54) is 11.1 Å². The molecule has 0 aliphatic heterocycles. The van der Waals surface area contributed by atoms with Gasteiger partial charge in [-0.15, -0.1) is 11.6 Å². The third-order valence-electron chi connectivity index (χ3n) is 2.55. The minimum Gasteiger partial charge on any atom is -0.334 e. The van der Waals surface area contributed by atoms with Crippen LogP contribution < -0.4 is 0 Å². The Morgan fingerprint density at radius 3 is 2.47 bits per heavy atom. The summed E-state index contributed by atoms with van der Waals surface area (Å²) in [7, 11) is 0. The maximum atomic E-state index is 6.07. The summed E-state index contributed by atoms with van der Waals surface area (Å²) in [5.74, 6) is 1.09. The minimum absolute atomic E-state index is 0.182. The van der Waals surface area contributed by atoms with Crippen LogP contribution in [-0.2, 0) is 0 Å². The van der Waals surface area contributed by atoms with E-state index in [0.29, 0.717) is 11.7 Å². The zero-order valence-electron chi connectivity index (χ0n) is 10.2. The third-order valence-corrected chi connectivity index (χ3v) is 3.05. The number of alkyl halides is 1. The number of aromatic nitrogens is 2. The highest BCUT2D eigenvalue weighted by Gasteiger charge is 2.15. The molecular formula is C13H15ClN2O. The Bertz CT molecular complexity index is 502. The molecule has 0 N–H and O–H groups in total. The van der Waals surface area contributed by atoms with Crippen molar-refractivity contribution in [1.29, 1.82) is 0 Å². The van der Waals surface area contributed by atoms with Gasteiger partial charge in [0.05, 0.1) is 5.38 Å². The fourth-order valence-corrected chi connectivity index (χ4v) is 1.85. The topological polar surface area (TPSA) is 38.9 Å². The van der Waals surface area contributed by atoms with E-state index >= 15 is 0 Å². The van der Waals surface area contributed by atoms with Crippen molar-refractivity contribution in [2.75, 3.05) is 0 Å². The van der Waals surface area contributed by atoms with Crippen molar-refractivity contribution in [3.63, 3.8) is 0 Å². The van der Waals surface area contributed by atoms with Crippen molar-refractivity contribution >= 4 is 11.6 Å². The number of hydrogen-bond donors (Lipinski definition) is 0. The largest absolute Gasteiger partial charge is 0.334 e. The summed E-state index contributed by atoms with van der Waals surface area (Å²) in [6.45, 7) is 6.08. The molecule has 0 saturated heterocycles. The van der Waals surface area contributed by atoms with Crippen molar-refractivity contribution in [2.24, 2.45) is 0 Å². The average molecular weight is 251 g/mol. The van der Waals surface area contributed by atoms with Crippen LogP contribution in [0.4, 0.5) is 0 Å². The summed E-state index contributed by atoms with van der Waals surface area (Å²) in [6.07, 6.45) is 0.785. The number of rotatable bonds is 3. The second kappa shape index (κ2) is 4.88. The normalized spacial score (nSPS) is 12.7. The molecular weight excluding hydrogens is 236 g/mol. The van der Waals surface area contributed by atoms with Gasteiger partial charge in [-0.25, -0.2) is 0 Å². The summed E-state index contributed by atoms with van der Waals surface area (Å²) >= 11 is 6.07. The monoisotopic (exact) mass is 250 g/mol. The van der Waals surface area contributed by atoms with Crippen LogP contribution in [0, 0.1) is 13.8 Å². The van der Waals surface area contributed by atoms with E-state index in [1.807, 2.05) is 32.9 Å². The molecule has 4 heteroatoms. The van der Waals surface area contributed by atoms with Crippen molar-refractivity contribution < 1.29 is 4.52 Å². The number of nitrogens with zero attached hydrogens (tertiary/aromatic N) is 2. The lowest BCUT2D eigenvalue weighted by molar-refractivity contribution is 0.421. The molecule has 1 atom stereocenters. The van der Waals surface area contributed by atoms with E-state index in [9.17, 15) is 0 Å². The van der Waals surface area contributed by atoms with Crippen molar-refractivity contribution in [3.05, 3.63) is 35.2 Å². The molecule has 2 rings (SSSR count). The molecule has 0 radical (unpaired) electrons. The number of aryl methyl sites for hydroxylation is 2. The molecule has 0 saturated carbocycles. The maximum Gasteiger partial charge on any atom is 0.257 e. The third kappa shape index (κ3) is 2.67. The van der Waals surface area contributed by atoms with Gasteiger partial charge in [0.25, 0.3) is 5.89 Å². The van der Waals surface area contributed by atoms with Gasteiger partial charge in [-0.1, -0.05) is 29.3 Å². The quantitative estimate of drug-likeness (QED) is 0.772. The highest BCUT2D eigenvalue weighted by atomic mass is 35.5. The van der Waals surface area contributed by atoms with Crippen LogP contribution in [0.2, 0.25) is 0 Å². The van der Waals surface area contributed by atoms with E-state index in [0.717, 1.165) is 12.0 Å². The first-order valence-corrected chi connectivity index (χ1v) is 6.10. The van der Waals surface area contributed by atoms with Gasteiger partial charge >= 0.3 is 0 Å². The minimum atomic E-state index is -0.182. The number of benzene rings is 1. The molecule has 90 valence electrons. The number of halogens is 1. The van der Waals surface area contributed by atoms with Crippen LogP contribution in [-0.4, -0.2) is 10.1 Å². The Balaban J connectivity index is 2.36. The molecule has 0 aliphatic carbocycles. The molecule has 0 bridgehead atoms. The van der Waals surface area contributed by atoms with E-state index in [1.54, 1.807) is 0 Å². The Morgan fingerprint density at radius 2 is 1.88 bits per heavy atom. The zero-order chi connectivity index (χ0) is 12.4. The zero-order valence-corrected chi connectivity index (χ0v) is 11.0. The van der Waals surface area contributed by atoms with E-state index < -0.39 is 0 Å². The van der Waals surface area contributed by atoms with Crippen LogP contribution >= 0.6 is 11.6 Å². The van der Waals surface area contributed by atoms with E-state index in [-0.39, 0.29) is 5.38 Å². The first kappa shape index (κ1) is 12.1. The Kier molecular flexibility index (Phi) is 3.48. The lowest BCUT2D eigenvalue weighted by atomic mass is 10.1. The molecule has 1 aromatic carbocycles. The van der Waals surface area contributed by atoms with Gasteiger partial charge in [-0.05, 0) is 32.4 Å². The Morgan fingerprint density at radius 1 is 1.24 bits per heavy atom. The van der Waals surface area contributed by atoms with Gasteiger partial charge in [0.15, 0.2) is 5.82 Å². The first-order valence-electron chi connectivity index (χ1n) is 5.66. The summed E-state index contributed by atoms with van der Waals surface area (Å²) in [5, 5.41) is 3.72. The van der Waals surface area contributed by atoms with Crippen LogP contribution in [0.5, 0.6) is 0 Å². The van der Waals surface area contributed by atoms with Crippen LogP contribution in [0.15, 0.2) is 22.7 Å². The number of hydrogen-bond acceptors (Lipinski definition) is 3. The van der Waals surface area contributed by atoms with E-state index in [4.69, 9.17) is 16.1 Å². The van der Waals surface area contributed by atoms with Gasteiger partial charge in [-0.2, -0.15) is 4.98 Å². The summed E-state index contributed by atoms with van der Waals surface area (Å²) in [4.78, 5) is 4.32. The van der Waals surface area contributed by atoms with Gasteiger partial charge in [0.1, 0.15) is 0 Å². The SMILES string of the molecule is CCC(Cl)c1noc(-c2cc(C)cc(C)c2)n1. The maximum absolute atomic E-state index is 6.07. The molecule has 3 nitrogen and oxygen atoms in total. The Hall–Kier alpha value is -1.35. The molecule has 2 aromatic rings. The molecule has 0 amide bonds. The fourth-order valence-electron chi connectivity index (χ4n) is 1.76. The molecule has 1 unspecified atom stereocenters. The van der Waals surface area contributed by atoms with Gasteiger partial charge in [0, 0.05) is 5.56 Å². The molecule has 0 fully saturated rings. The van der Waals surface area contributed by atoms with Crippen LogP contribution in [0.3, 0.4) is 0 Å². The summed E-state index contributed by atoms with van der Waals surface area (Å²) < 4.78 is 5.24. The standard InChI is InChI=1S/C13H15ClN2O/c1-4-11(14)12-15-13(17-16-12)10-6-8(2)5-9(3)7-10/h5-7,11H,4H2,1-3H3. The molecule has 1 heterocycles. The summed E-state index contributed by atoms with van der Waals surface area (Å²) in [6, 6.07) is 6.16. The second-order valence-corrected chi connectivity index (χ2v) is 4.74. The van der Waals surface area contributed by atoms with Gasteiger partial charge < -0.3 is 4.52 Å². The highest BCUT2D eigenvalue weighted by molar-refractivity contribution is 6.20. The molecule has 0 aliphatic rings. The Labute approximate surface area is 106 Å². The molecule has 0 spiro atoms. The van der Waals surface area contributed by atoms with E-state index in [2.05, 4.69) is 16.2 Å². The average Bonchev–Trinajstić information content (AvgIpc) is 2.76. The predicted octanol–water partition coefficient (Wildman–Crippen LogP) is 4.04. The second-order valence-electron chi connectivity index (χ2n) is 4.21. The fraction of sp³-hybridized carbons (Fsp3) is 0.385. The molecule has 17 heavy (non-hydrogen) atoms. The molecule has 1 aromatic heterocycles. The summed E-state index contributed by atoms with van der Waals surface area (Å²) in [5.41, 5.74) is 3.30. The van der Waals surface area contributed by atoms with Crippen molar-refractivity contribution in [2.45, 2.75) is 32.6 Å².